The summed E-state index contributed by atoms with van der Waals surface area (Å²) < 4.78 is 26.9. The van der Waals surface area contributed by atoms with Gasteiger partial charge in [0.25, 0.3) is 10.0 Å². The van der Waals surface area contributed by atoms with Gasteiger partial charge in [-0.3, -0.25) is 4.98 Å². The minimum absolute atomic E-state index is 0.0876. The number of nitrogens with one attached hydrogen (secondary N) is 1. The van der Waals surface area contributed by atoms with E-state index in [0.717, 1.165) is 5.56 Å². The fourth-order valence-electron chi connectivity index (χ4n) is 2.05. The highest BCUT2D eigenvalue weighted by Gasteiger charge is 2.23. The normalized spacial score (nSPS) is 11.4. The Balaban J connectivity index is 2.36. The molecule has 0 fully saturated rings. The molecule has 2 aromatic rings. The van der Waals surface area contributed by atoms with Gasteiger partial charge in [-0.15, -0.1) is 0 Å². The van der Waals surface area contributed by atoms with Crippen LogP contribution in [0.3, 0.4) is 0 Å². The summed E-state index contributed by atoms with van der Waals surface area (Å²) in [6, 6.07) is 4.70. The van der Waals surface area contributed by atoms with Crippen LogP contribution in [0.15, 0.2) is 40.1 Å². The molecule has 0 saturated carbocycles. The third-order valence-electron chi connectivity index (χ3n) is 3.10. The van der Waals surface area contributed by atoms with Crippen LogP contribution < -0.4 is 5.32 Å². The maximum atomic E-state index is 12.7. The van der Waals surface area contributed by atoms with Crippen molar-refractivity contribution in [2.45, 2.75) is 18.2 Å². The Bertz CT molecular complexity index is 787. The van der Waals surface area contributed by atoms with Gasteiger partial charge in [0.1, 0.15) is 9.50 Å². The van der Waals surface area contributed by atoms with Crippen LogP contribution in [-0.4, -0.2) is 35.1 Å². The molecule has 0 spiro atoms. The highest BCUT2D eigenvalue weighted by Crippen LogP contribution is 2.26. The highest BCUT2D eigenvalue weighted by molar-refractivity contribution is 9.10. The van der Waals surface area contributed by atoms with Gasteiger partial charge < -0.3 is 10.4 Å². The van der Waals surface area contributed by atoms with Gasteiger partial charge in [0.05, 0.1) is 0 Å². The molecule has 7 nitrogen and oxygen atoms in total. The summed E-state index contributed by atoms with van der Waals surface area (Å²) in [5.74, 6) is 0. The predicted molar refractivity (Wildman–Crippen MR) is 83.4 cm³/mol. The molecule has 1 amide bonds. The molecule has 0 atom stereocenters. The zero-order valence-corrected chi connectivity index (χ0v) is 14.1. The number of pyridine rings is 1. The quantitative estimate of drug-likeness (QED) is 0.816. The van der Waals surface area contributed by atoms with Crippen molar-refractivity contribution in [1.82, 2.24) is 14.3 Å². The summed E-state index contributed by atoms with van der Waals surface area (Å²) in [5.41, 5.74) is 1.27. The van der Waals surface area contributed by atoms with Crippen molar-refractivity contribution in [3.8, 4) is 0 Å². The number of nitrogens with zero attached hydrogens (tertiary/aromatic N) is 2. The molecule has 0 aromatic carbocycles. The lowest BCUT2D eigenvalue weighted by Gasteiger charge is -2.10. The van der Waals surface area contributed by atoms with Crippen molar-refractivity contribution in [2.75, 3.05) is 6.54 Å². The standard InChI is InChI=1S/C13H14BrN3O4S/c1-9-10(4-6-16-13(18)19)7-12(14)17(9)22(20,21)11-3-2-5-15-8-11/h2-3,5,7-8,16H,4,6H2,1H3,(H,18,19). The zero-order chi connectivity index (χ0) is 16.3. The van der Waals surface area contributed by atoms with Crippen LogP contribution in [0, 0.1) is 6.92 Å². The molecule has 0 unspecified atom stereocenters. The molecule has 2 N–H and O–H groups in total. The Morgan fingerprint density at radius 3 is 2.82 bits per heavy atom. The number of carboxylic acid groups (broad SMARTS) is 1. The van der Waals surface area contributed by atoms with E-state index in [4.69, 9.17) is 5.11 Å². The van der Waals surface area contributed by atoms with Gasteiger partial charge in [-0.05, 0) is 53.0 Å². The summed E-state index contributed by atoms with van der Waals surface area (Å²) in [7, 11) is -3.75. The van der Waals surface area contributed by atoms with Crippen LogP contribution in [0.25, 0.3) is 0 Å². The molecule has 0 aliphatic heterocycles. The van der Waals surface area contributed by atoms with Crippen LogP contribution in [0.4, 0.5) is 4.79 Å². The number of hydrogen-bond acceptors (Lipinski definition) is 4. The molecule has 2 heterocycles. The third kappa shape index (κ3) is 3.30. The second-order valence-corrected chi connectivity index (χ2v) is 7.12. The average Bonchev–Trinajstić information content (AvgIpc) is 2.74. The van der Waals surface area contributed by atoms with Crippen molar-refractivity contribution >= 4 is 32.0 Å². The maximum absolute atomic E-state index is 12.7. The van der Waals surface area contributed by atoms with Crippen LogP contribution in [0.5, 0.6) is 0 Å². The Kier molecular flexibility index (Phi) is 4.87. The number of aromatic nitrogens is 2. The molecule has 0 aliphatic rings. The van der Waals surface area contributed by atoms with E-state index in [0.29, 0.717) is 16.7 Å². The van der Waals surface area contributed by atoms with Crippen molar-refractivity contribution in [1.29, 1.82) is 0 Å². The number of rotatable bonds is 5. The smallest absolute Gasteiger partial charge is 0.404 e. The second-order valence-electron chi connectivity index (χ2n) is 4.52. The highest BCUT2D eigenvalue weighted by atomic mass is 79.9. The Hall–Kier alpha value is -1.87. The van der Waals surface area contributed by atoms with Gasteiger partial charge in [-0.2, -0.15) is 0 Å². The number of carbonyl (C=O) groups is 1. The van der Waals surface area contributed by atoms with Gasteiger partial charge in [0.15, 0.2) is 0 Å². The lowest BCUT2D eigenvalue weighted by Crippen LogP contribution is -2.23. The van der Waals surface area contributed by atoms with E-state index < -0.39 is 16.1 Å². The fraction of sp³-hybridized carbons (Fsp3) is 0.231. The van der Waals surface area contributed by atoms with Crippen LogP contribution in [-0.2, 0) is 16.4 Å². The van der Waals surface area contributed by atoms with Crippen molar-refractivity contribution in [3.05, 3.63) is 46.5 Å². The van der Waals surface area contributed by atoms with Crippen molar-refractivity contribution in [2.24, 2.45) is 0 Å². The molecule has 2 aromatic heterocycles. The van der Waals surface area contributed by atoms with E-state index in [1.165, 1.54) is 22.4 Å². The molecule has 2 rings (SSSR count). The van der Waals surface area contributed by atoms with E-state index in [-0.39, 0.29) is 11.4 Å². The van der Waals surface area contributed by atoms with E-state index in [9.17, 15) is 13.2 Å². The Morgan fingerprint density at radius 1 is 1.50 bits per heavy atom. The summed E-state index contributed by atoms with van der Waals surface area (Å²) in [5, 5.41) is 10.8. The molecule has 118 valence electrons. The van der Waals surface area contributed by atoms with Gasteiger partial charge in [0, 0.05) is 24.6 Å². The van der Waals surface area contributed by atoms with Crippen LogP contribution in [0.2, 0.25) is 0 Å². The third-order valence-corrected chi connectivity index (χ3v) is 5.71. The first-order valence-corrected chi connectivity index (χ1v) is 8.56. The molecular weight excluding hydrogens is 374 g/mol. The molecular formula is C13H14BrN3O4S. The molecule has 22 heavy (non-hydrogen) atoms. The van der Waals surface area contributed by atoms with Gasteiger partial charge >= 0.3 is 6.09 Å². The van der Waals surface area contributed by atoms with Crippen molar-refractivity contribution in [3.63, 3.8) is 0 Å². The van der Waals surface area contributed by atoms with Crippen LogP contribution in [0.1, 0.15) is 11.3 Å². The Labute approximate surface area is 136 Å². The second kappa shape index (κ2) is 6.49. The van der Waals surface area contributed by atoms with Gasteiger partial charge in [0.2, 0.25) is 0 Å². The SMILES string of the molecule is Cc1c(CCNC(=O)O)cc(Br)n1S(=O)(=O)c1cccnc1. The first-order valence-electron chi connectivity index (χ1n) is 6.33. The van der Waals surface area contributed by atoms with Crippen molar-refractivity contribution < 1.29 is 18.3 Å². The number of amides is 1. The van der Waals surface area contributed by atoms with E-state index in [2.05, 4.69) is 26.2 Å². The van der Waals surface area contributed by atoms with Crippen LogP contribution >= 0.6 is 15.9 Å². The summed E-state index contributed by atoms with van der Waals surface area (Å²) in [4.78, 5) is 14.4. The minimum Gasteiger partial charge on any atom is -0.465 e. The lowest BCUT2D eigenvalue weighted by molar-refractivity contribution is 0.194. The number of hydrogen-bond donors (Lipinski definition) is 2. The van der Waals surface area contributed by atoms with E-state index in [1.807, 2.05) is 0 Å². The molecule has 0 saturated heterocycles. The first-order chi connectivity index (χ1) is 10.3. The molecule has 0 aliphatic carbocycles. The lowest BCUT2D eigenvalue weighted by atomic mass is 10.2. The molecule has 0 radical (unpaired) electrons. The first kappa shape index (κ1) is 16.5. The average molecular weight is 388 g/mol. The topological polar surface area (TPSA) is 101 Å². The summed E-state index contributed by atoms with van der Waals surface area (Å²) in [6.07, 6.45) is 2.07. The molecule has 9 heteroatoms. The zero-order valence-electron chi connectivity index (χ0n) is 11.7. The Morgan fingerprint density at radius 2 is 2.23 bits per heavy atom. The number of halogens is 1. The van der Waals surface area contributed by atoms with Gasteiger partial charge in [-0.1, -0.05) is 0 Å². The predicted octanol–water partition coefficient (Wildman–Crippen LogP) is 2.00. The fourth-order valence-corrected chi connectivity index (χ4v) is 4.58. The summed E-state index contributed by atoms with van der Waals surface area (Å²) in [6.45, 7) is 1.88. The summed E-state index contributed by atoms with van der Waals surface area (Å²) >= 11 is 3.25. The van der Waals surface area contributed by atoms with E-state index >= 15 is 0 Å². The largest absolute Gasteiger partial charge is 0.465 e. The minimum atomic E-state index is -3.75. The van der Waals surface area contributed by atoms with Gasteiger partial charge in [-0.25, -0.2) is 17.2 Å². The molecule has 0 bridgehead atoms. The maximum Gasteiger partial charge on any atom is 0.404 e. The monoisotopic (exact) mass is 387 g/mol. The van der Waals surface area contributed by atoms with E-state index in [1.54, 1.807) is 19.1 Å².